The smallest absolute Gasteiger partial charge is 0.196 e. The molecule has 0 saturated carbocycles. The van der Waals surface area contributed by atoms with E-state index in [1.165, 1.54) is 22.9 Å². The molecule has 0 saturated heterocycles. The Kier molecular flexibility index (Phi) is 6.65. The van der Waals surface area contributed by atoms with Crippen LogP contribution in [0.25, 0.3) is 17.1 Å². The number of benzene rings is 2. The highest BCUT2D eigenvalue weighted by Gasteiger charge is 2.20. The molecule has 0 N–H and O–H groups in total. The van der Waals surface area contributed by atoms with Gasteiger partial charge in [0.05, 0.1) is 11.4 Å². The normalized spacial score (nSPS) is 11.0. The highest BCUT2D eigenvalue weighted by Crippen LogP contribution is 2.29. The number of hydrogen-bond donors (Lipinski definition) is 0. The predicted molar refractivity (Wildman–Crippen MR) is 135 cm³/mol. The van der Waals surface area contributed by atoms with Crippen molar-refractivity contribution >= 4 is 17.5 Å². The summed E-state index contributed by atoms with van der Waals surface area (Å²) in [6.07, 6.45) is 1.85. The Labute approximate surface area is 199 Å². The lowest BCUT2D eigenvalue weighted by Crippen LogP contribution is -2.07. The number of thioether (sulfide) groups is 1. The van der Waals surface area contributed by atoms with Gasteiger partial charge in [-0.1, -0.05) is 54.2 Å². The molecule has 4 aromatic rings. The maximum absolute atomic E-state index is 13.1. The van der Waals surface area contributed by atoms with E-state index in [1.54, 1.807) is 0 Å². The molecule has 168 valence electrons. The number of carbonyl (C=O) groups excluding carboxylic acids is 1. The summed E-state index contributed by atoms with van der Waals surface area (Å²) in [6.45, 7) is 12.7. The molecule has 0 unspecified atom stereocenters. The van der Waals surface area contributed by atoms with Crippen molar-refractivity contribution in [3.63, 3.8) is 0 Å². The van der Waals surface area contributed by atoms with Crippen LogP contribution in [0.3, 0.4) is 0 Å². The Morgan fingerprint density at radius 2 is 1.76 bits per heavy atom. The second-order valence-corrected chi connectivity index (χ2v) is 9.11. The third-order valence-corrected chi connectivity index (χ3v) is 6.86. The maximum Gasteiger partial charge on any atom is 0.196 e. The van der Waals surface area contributed by atoms with Crippen molar-refractivity contribution in [2.24, 2.45) is 0 Å². The Hall–Kier alpha value is -3.38. The Balaban J connectivity index is 1.68. The van der Waals surface area contributed by atoms with Crippen molar-refractivity contribution in [3.05, 3.63) is 95.3 Å². The fourth-order valence-electron chi connectivity index (χ4n) is 3.94. The molecule has 2 heterocycles. The van der Waals surface area contributed by atoms with Crippen molar-refractivity contribution in [2.45, 2.75) is 39.4 Å². The molecule has 0 aliphatic rings. The summed E-state index contributed by atoms with van der Waals surface area (Å²) in [5, 5.41) is 9.66. The van der Waals surface area contributed by atoms with E-state index in [2.05, 4.69) is 53.4 Å². The number of hydrogen-bond acceptors (Lipinski definition) is 4. The molecule has 2 aromatic heterocycles. The molecule has 0 fully saturated rings. The average molecular weight is 457 g/mol. The third-order valence-electron chi connectivity index (χ3n) is 5.93. The van der Waals surface area contributed by atoms with Crippen molar-refractivity contribution in [1.82, 2.24) is 19.3 Å². The van der Waals surface area contributed by atoms with Crippen molar-refractivity contribution in [1.29, 1.82) is 0 Å². The highest BCUT2D eigenvalue weighted by molar-refractivity contribution is 7.99. The van der Waals surface area contributed by atoms with Gasteiger partial charge < -0.3 is 4.57 Å². The molecule has 4 rings (SSSR count). The molecule has 0 aliphatic carbocycles. The third kappa shape index (κ3) is 4.57. The number of rotatable bonds is 8. The van der Waals surface area contributed by atoms with Crippen LogP contribution in [0.1, 0.15) is 32.9 Å². The molecule has 0 radical (unpaired) electrons. The molecular formula is C27H28N4OS. The minimum absolute atomic E-state index is 0.0827. The summed E-state index contributed by atoms with van der Waals surface area (Å²) in [5.74, 6) is 1.13. The summed E-state index contributed by atoms with van der Waals surface area (Å²) in [7, 11) is 0. The fourth-order valence-corrected chi connectivity index (χ4v) is 4.77. The standard InChI is InChI=1S/C27H28N4OS/c1-6-14-30-20(4)16-24(21(30)5)25(32)17-33-27-29-28-26(22-10-8-7-9-11-22)31(27)23-13-12-18(2)19(3)15-23/h6-13,15-16H,1,14,17H2,2-5H3. The predicted octanol–water partition coefficient (Wildman–Crippen LogP) is 6.13. The molecule has 2 aromatic carbocycles. The van der Waals surface area contributed by atoms with E-state index in [0.29, 0.717) is 11.7 Å². The number of Topliss-reactive ketones (excluding diaryl/α,β-unsaturated/α-hetero) is 1. The lowest BCUT2D eigenvalue weighted by molar-refractivity contribution is 0.102. The van der Waals surface area contributed by atoms with E-state index in [-0.39, 0.29) is 11.5 Å². The number of carbonyl (C=O) groups is 1. The summed E-state index contributed by atoms with van der Waals surface area (Å²) in [4.78, 5) is 13.1. The average Bonchev–Trinajstić information content (AvgIpc) is 3.36. The van der Waals surface area contributed by atoms with Gasteiger partial charge in [0.2, 0.25) is 0 Å². The Morgan fingerprint density at radius 3 is 2.45 bits per heavy atom. The van der Waals surface area contributed by atoms with Crippen LogP contribution in [0.2, 0.25) is 0 Å². The number of allylic oxidation sites excluding steroid dienone is 1. The van der Waals surface area contributed by atoms with Crippen LogP contribution in [0.4, 0.5) is 0 Å². The van der Waals surface area contributed by atoms with Gasteiger partial charge in [-0.25, -0.2) is 0 Å². The molecular weight excluding hydrogens is 428 g/mol. The zero-order valence-corrected chi connectivity index (χ0v) is 20.3. The minimum atomic E-state index is 0.0827. The molecule has 5 nitrogen and oxygen atoms in total. The second kappa shape index (κ2) is 9.63. The quantitative estimate of drug-likeness (QED) is 0.182. The van der Waals surface area contributed by atoms with Crippen LogP contribution in [0, 0.1) is 27.7 Å². The first kappa shape index (κ1) is 22.8. The molecule has 33 heavy (non-hydrogen) atoms. The van der Waals surface area contributed by atoms with Crippen LogP contribution in [0.5, 0.6) is 0 Å². The first-order chi connectivity index (χ1) is 15.9. The molecule has 0 bridgehead atoms. The van der Waals surface area contributed by atoms with E-state index in [9.17, 15) is 4.79 Å². The minimum Gasteiger partial charge on any atom is -0.345 e. The molecule has 6 heteroatoms. The van der Waals surface area contributed by atoms with Gasteiger partial charge in [0, 0.05) is 29.1 Å². The van der Waals surface area contributed by atoms with Gasteiger partial charge in [-0.2, -0.15) is 0 Å². The van der Waals surface area contributed by atoms with Crippen molar-refractivity contribution in [2.75, 3.05) is 5.75 Å². The number of aryl methyl sites for hydroxylation is 3. The van der Waals surface area contributed by atoms with Crippen LogP contribution >= 0.6 is 11.8 Å². The van der Waals surface area contributed by atoms with E-state index in [1.807, 2.05) is 60.9 Å². The van der Waals surface area contributed by atoms with Gasteiger partial charge in [0.25, 0.3) is 0 Å². The zero-order valence-electron chi connectivity index (χ0n) is 19.5. The van der Waals surface area contributed by atoms with Crippen LogP contribution < -0.4 is 0 Å². The van der Waals surface area contributed by atoms with Crippen LogP contribution in [0.15, 0.2) is 72.4 Å². The van der Waals surface area contributed by atoms with Gasteiger partial charge in [0.15, 0.2) is 16.8 Å². The molecule has 0 amide bonds. The van der Waals surface area contributed by atoms with Gasteiger partial charge in [-0.05, 0) is 57.0 Å². The topological polar surface area (TPSA) is 52.7 Å². The first-order valence-electron chi connectivity index (χ1n) is 10.9. The fraction of sp³-hybridized carbons (Fsp3) is 0.222. The number of nitrogens with zero attached hydrogens (tertiary/aromatic N) is 4. The van der Waals surface area contributed by atoms with E-state index < -0.39 is 0 Å². The van der Waals surface area contributed by atoms with Gasteiger partial charge in [0.1, 0.15) is 0 Å². The maximum atomic E-state index is 13.1. The summed E-state index contributed by atoms with van der Waals surface area (Å²) >= 11 is 1.42. The second-order valence-electron chi connectivity index (χ2n) is 8.17. The number of ketones is 1. The van der Waals surface area contributed by atoms with Crippen molar-refractivity contribution in [3.8, 4) is 17.1 Å². The Morgan fingerprint density at radius 1 is 1.00 bits per heavy atom. The summed E-state index contributed by atoms with van der Waals surface area (Å²) in [6, 6.07) is 18.3. The van der Waals surface area contributed by atoms with Gasteiger partial charge >= 0.3 is 0 Å². The summed E-state index contributed by atoms with van der Waals surface area (Å²) < 4.78 is 4.15. The number of aromatic nitrogens is 4. The lowest BCUT2D eigenvalue weighted by Gasteiger charge is -2.12. The largest absolute Gasteiger partial charge is 0.345 e. The SMILES string of the molecule is C=CCn1c(C)cc(C(=O)CSc2nnc(-c3ccccc3)n2-c2ccc(C)c(C)c2)c1C. The van der Waals surface area contributed by atoms with Gasteiger partial charge in [-0.15, -0.1) is 16.8 Å². The van der Waals surface area contributed by atoms with Crippen molar-refractivity contribution < 1.29 is 4.79 Å². The monoisotopic (exact) mass is 456 g/mol. The first-order valence-corrected chi connectivity index (χ1v) is 11.9. The molecule has 0 aliphatic heterocycles. The summed E-state index contributed by atoms with van der Waals surface area (Å²) in [5.41, 5.74) is 7.18. The Bertz CT molecular complexity index is 1320. The molecule has 0 atom stereocenters. The van der Waals surface area contributed by atoms with Crippen LogP contribution in [-0.4, -0.2) is 30.9 Å². The van der Waals surface area contributed by atoms with E-state index in [4.69, 9.17) is 0 Å². The van der Waals surface area contributed by atoms with Gasteiger partial charge in [-0.3, -0.25) is 9.36 Å². The van der Waals surface area contributed by atoms with E-state index >= 15 is 0 Å². The molecule has 0 spiro atoms. The highest BCUT2D eigenvalue weighted by atomic mass is 32.2. The zero-order chi connectivity index (χ0) is 23.5. The van der Waals surface area contributed by atoms with Crippen LogP contribution in [-0.2, 0) is 6.54 Å². The van der Waals surface area contributed by atoms with E-state index in [0.717, 1.165) is 34.0 Å². The lowest BCUT2D eigenvalue weighted by atomic mass is 10.1.